The van der Waals surface area contributed by atoms with Gasteiger partial charge in [0.05, 0.1) is 5.41 Å². The van der Waals surface area contributed by atoms with Crippen molar-refractivity contribution in [3.05, 3.63) is 35.9 Å². The molecule has 0 unspecified atom stereocenters. The van der Waals surface area contributed by atoms with Crippen LogP contribution in [0.15, 0.2) is 30.3 Å². The van der Waals surface area contributed by atoms with Gasteiger partial charge in [-0.05, 0) is 30.7 Å². The molecule has 0 aliphatic carbocycles. The van der Waals surface area contributed by atoms with Crippen LogP contribution in [0.5, 0.6) is 0 Å². The molecular formula is C21H27F3N2O4. The van der Waals surface area contributed by atoms with Gasteiger partial charge in [0.15, 0.2) is 0 Å². The average molecular weight is 428 g/mol. The first-order chi connectivity index (χ1) is 14.2. The zero-order valence-electron chi connectivity index (χ0n) is 16.7. The van der Waals surface area contributed by atoms with E-state index in [0.717, 1.165) is 64.6 Å². The Bertz CT molecular complexity index is 738. The molecular weight excluding hydrogens is 401 g/mol. The minimum Gasteiger partial charge on any atom is -0.475 e. The number of nitrogens with zero attached hydrogens (tertiary/aromatic N) is 1. The molecule has 6 nitrogen and oxygen atoms in total. The topological polar surface area (TPSA) is 78.9 Å². The number of carbonyl (C=O) groups excluding carboxylic acids is 1. The number of carbonyl (C=O) groups is 2. The zero-order valence-corrected chi connectivity index (χ0v) is 16.7. The lowest BCUT2D eigenvalue weighted by molar-refractivity contribution is -0.192. The van der Waals surface area contributed by atoms with Gasteiger partial charge < -0.3 is 20.1 Å². The summed E-state index contributed by atoms with van der Waals surface area (Å²) in [4.78, 5) is 24.1. The summed E-state index contributed by atoms with van der Waals surface area (Å²) in [6, 6.07) is 10.6. The van der Waals surface area contributed by atoms with Gasteiger partial charge in [-0.2, -0.15) is 13.2 Å². The van der Waals surface area contributed by atoms with Crippen LogP contribution in [0.1, 0.15) is 30.7 Å². The molecule has 1 aromatic carbocycles. The van der Waals surface area contributed by atoms with Gasteiger partial charge in [0, 0.05) is 45.3 Å². The highest BCUT2D eigenvalue weighted by Crippen LogP contribution is 2.47. The summed E-state index contributed by atoms with van der Waals surface area (Å²) in [6.45, 7) is 5.65. The monoisotopic (exact) mass is 428 g/mol. The van der Waals surface area contributed by atoms with Crippen molar-refractivity contribution in [3.8, 4) is 0 Å². The van der Waals surface area contributed by atoms with Crippen LogP contribution in [-0.4, -0.2) is 67.5 Å². The van der Waals surface area contributed by atoms with E-state index < -0.39 is 12.1 Å². The summed E-state index contributed by atoms with van der Waals surface area (Å²) in [5.41, 5.74) is 1.10. The molecule has 1 aromatic rings. The summed E-state index contributed by atoms with van der Waals surface area (Å²) in [5.74, 6) is -1.45. The lowest BCUT2D eigenvalue weighted by Gasteiger charge is -2.28. The summed E-state index contributed by atoms with van der Waals surface area (Å²) in [7, 11) is 0. The van der Waals surface area contributed by atoms with Crippen molar-refractivity contribution in [1.82, 2.24) is 10.2 Å². The molecule has 3 aliphatic rings. The van der Waals surface area contributed by atoms with Gasteiger partial charge >= 0.3 is 12.1 Å². The first kappa shape index (κ1) is 22.6. The smallest absolute Gasteiger partial charge is 0.475 e. The molecule has 3 saturated heterocycles. The minimum atomic E-state index is -5.08. The van der Waals surface area contributed by atoms with E-state index in [1.54, 1.807) is 0 Å². The van der Waals surface area contributed by atoms with Crippen LogP contribution in [0.2, 0.25) is 0 Å². The van der Waals surface area contributed by atoms with Gasteiger partial charge in [-0.3, -0.25) is 4.79 Å². The molecule has 166 valence electrons. The number of halogens is 3. The third-order valence-electron chi connectivity index (χ3n) is 6.22. The second-order valence-corrected chi connectivity index (χ2v) is 8.18. The summed E-state index contributed by atoms with van der Waals surface area (Å²) < 4.78 is 37.2. The highest BCUT2D eigenvalue weighted by molar-refractivity contribution is 5.86. The molecule has 2 N–H and O–H groups in total. The fourth-order valence-corrected chi connectivity index (χ4v) is 4.72. The van der Waals surface area contributed by atoms with Crippen LogP contribution in [0, 0.1) is 11.3 Å². The number of aliphatic carboxylic acids is 1. The first-order valence-corrected chi connectivity index (χ1v) is 10.2. The van der Waals surface area contributed by atoms with Gasteiger partial charge in [0.1, 0.15) is 0 Å². The average Bonchev–Trinajstić information content (AvgIpc) is 3.26. The van der Waals surface area contributed by atoms with E-state index in [9.17, 15) is 18.0 Å². The van der Waals surface area contributed by atoms with Crippen molar-refractivity contribution in [1.29, 1.82) is 0 Å². The van der Waals surface area contributed by atoms with Gasteiger partial charge in [-0.15, -0.1) is 0 Å². The zero-order chi connectivity index (χ0) is 21.8. The number of nitrogens with one attached hydrogen (secondary N) is 1. The van der Waals surface area contributed by atoms with Crippen molar-refractivity contribution in [2.75, 3.05) is 39.4 Å². The summed E-state index contributed by atoms with van der Waals surface area (Å²) in [5, 5.41) is 10.2. The molecule has 0 radical (unpaired) electrons. The Morgan fingerprint density at radius 2 is 1.87 bits per heavy atom. The van der Waals surface area contributed by atoms with Crippen LogP contribution in [-0.2, 0) is 14.3 Å². The largest absolute Gasteiger partial charge is 0.490 e. The third-order valence-corrected chi connectivity index (χ3v) is 6.22. The van der Waals surface area contributed by atoms with E-state index >= 15 is 0 Å². The Morgan fingerprint density at radius 1 is 1.23 bits per heavy atom. The number of carboxylic acid groups (broad SMARTS) is 1. The van der Waals surface area contributed by atoms with Crippen LogP contribution in [0.25, 0.3) is 0 Å². The number of alkyl halides is 3. The van der Waals surface area contributed by atoms with E-state index in [2.05, 4.69) is 40.5 Å². The van der Waals surface area contributed by atoms with E-state index in [4.69, 9.17) is 14.6 Å². The number of hydrogen-bond acceptors (Lipinski definition) is 4. The maximum atomic E-state index is 12.7. The maximum absolute atomic E-state index is 12.7. The van der Waals surface area contributed by atoms with Gasteiger partial charge in [-0.25, -0.2) is 4.79 Å². The van der Waals surface area contributed by atoms with Crippen LogP contribution >= 0.6 is 0 Å². The molecule has 1 amide bonds. The highest BCUT2D eigenvalue weighted by Gasteiger charge is 2.54. The molecule has 0 bridgehead atoms. The Hall–Kier alpha value is -2.13. The highest BCUT2D eigenvalue weighted by atomic mass is 19.4. The molecule has 0 saturated carbocycles. The minimum absolute atomic E-state index is 0.216. The molecule has 4 rings (SSSR count). The Balaban J connectivity index is 0.000000318. The SMILES string of the molecule is O=C(O)C(F)(F)F.O=C1NCC[C@]12CN(CC1CCOCC1)C[C@H]2c1ccccc1. The van der Waals surface area contributed by atoms with Gasteiger partial charge in [-0.1, -0.05) is 30.3 Å². The van der Waals surface area contributed by atoms with Crippen molar-refractivity contribution < 1.29 is 32.6 Å². The second-order valence-electron chi connectivity index (χ2n) is 8.18. The first-order valence-electron chi connectivity index (χ1n) is 10.2. The third kappa shape index (κ3) is 5.13. The molecule has 3 fully saturated rings. The molecule has 0 aromatic heterocycles. The fourth-order valence-electron chi connectivity index (χ4n) is 4.72. The molecule has 2 atom stereocenters. The molecule has 9 heteroatoms. The fraction of sp³-hybridized carbons (Fsp3) is 0.619. The lowest BCUT2D eigenvalue weighted by Crippen LogP contribution is -2.38. The van der Waals surface area contributed by atoms with Crippen molar-refractivity contribution in [2.45, 2.75) is 31.4 Å². The van der Waals surface area contributed by atoms with Crippen LogP contribution < -0.4 is 5.32 Å². The summed E-state index contributed by atoms with van der Waals surface area (Å²) in [6.07, 6.45) is -1.80. The Kier molecular flexibility index (Phi) is 7.02. The van der Waals surface area contributed by atoms with Crippen LogP contribution in [0.3, 0.4) is 0 Å². The number of benzene rings is 1. The number of likely N-dealkylation sites (tertiary alicyclic amines) is 1. The number of carboxylic acids is 1. The van der Waals surface area contributed by atoms with Crippen molar-refractivity contribution in [2.24, 2.45) is 11.3 Å². The van der Waals surface area contributed by atoms with Gasteiger partial charge in [0.25, 0.3) is 0 Å². The van der Waals surface area contributed by atoms with E-state index in [-0.39, 0.29) is 11.3 Å². The molecule has 1 spiro atoms. The Labute approximate surface area is 173 Å². The number of hydrogen-bond donors (Lipinski definition) is 2. The standard InChI is InChI=1S/C19H26N2O2.C2HF3O2/c22-18-19(8-9-20-18)14-21(12-15-6-10-23-11-7-15)13-17(19)16-4-2-1-3-5-16;3-2(4,5)1(6)7/h1-5,15,17H,6-14H2,(H,20,22);(H,6,7)/t17-,19+;/m0./s1. The van der Waals surface area contributed by atoms with E-state index in [1.807, 2.05) is 0 Å². The molecule has 3 heterocycles. The molecule has 30 heavy (non-hydrogen) atoms. The number of rotatable bonds is 3. The number of ether oxygens (including phenoxy) is 1. The summed E-state index contributed by atoms with van der Waals surface area (Å²) >= 11 is 0. The van der Waals surface area contributed by atoms with E-state index in [0.29, 0.717) is 5.92 Å². The second kappa shape index (κ2) is 9.34. The van der Waals surface area contributed by atoms with Crippen molar-refractivity contribution >= 4 is 11.9 Å². The van der Waals surface area contributed by atoms with E-state index in [1.165, 1.54) is 5.56 Å². The lowest BCUT2D eigenvalue weighted by atomic mass is 9.73. The number of amides is 1. The predicted octanol–water partition coefficient (Wildman–Crippen LogP) is 2.65. The Morgan fingerprint density at radius 3 is 2.40 bits per heavy atom. The molecule has 3 aliphatic heterocycles. The normalized spacial score (nSPS) is 27.6. The van der Waals surface area contributed by atoms with Crippen molar-refractivity contribution in [3.63, 3.8) is 0 Å². The predicted molar refractivity (Wildman–Crippen MR) is 103 cm³/mol. The quantitative estimate of drug-likeness (QED) is 0.774. The van der Waals surface area contributed by atoms with Gasteiger partial charge in [0.2, 0.25) is 5.91 Å². The maximum Gasteiger partial charge on any atom is 0.490 e. The van der Waals surface area contributed by atoms with Crippen LogP contribution in [0.4, 0.5) is 13.2 Å².